The van der Waals surface area contributed by atoms with Crippen molar-refractivity contribution >= 4 is 23.2 Å². The van der Waals surface area contributed by atoms with E-state index in [1.54, 1.807) is 17.0 Å². The molecule has 6 heteroatoms. The highest BCUT2D eigenvalue weighted by molar-refractivity contribution is 6.33. The predicted molar refractivity (Wildman–Crippen MR) is 98.4 cm³/mol. The third kappa shape index (κ3) is 3.99. The first-order valence-electron chi connectivity index (χ1n) is 8.22. The molecule has 0 unspecified atom stereocenters. The lowest BCUT2D eigenvalue weighted by atomic mass is 10.1. The number of amides is 1. The Hall–Kier alpha value is -2.40. The first kappa shape index (κ1) is 17.4. The zero-order chi connectivity index (χ0) is 17.8. The normalized spacial score (nSPS) is 15.0. The van der Waals surface area contributed by atoms with Gasteiger partial charge >= 0.3 is 0 Å². The Morgan fingerprint density at radius 2 is 1.88 bits per heavy atom. The largest absolute Gasteiger partial charge is 0.496 e. The number of carbonyl (C=O) groups excluding carboxylic acids is 1. The number of para-hydroxylation sites is 1. The van der Waals surface area contributed by atoms with Gasteiger partial charge in [0.1, 0.15) is 17.6 Å². The monoisotopic (exact) mass is 360 g/mol. The van der Waals surface area contributed by atoms with Crippen LogP contribution in [0.15, 0.2) is 42.5 Å². The molecule has 2 aromatic carbocycles. The molecule has 1 fully saturated rings. The maximum atomic E-state index is 12.8. The second kappa shape index (κ2) is 7.66. The van der Waals surface area contributed by atoms with Crippen LogP contribution in [0.25, 0.3) is 0 Å². The molecule has 0 atom stereocenters. The van der Waals surface area contributed by atoms with Crippen LogP contribution in [0.1, 0.15) is 23.2 Å². The average Bonchev–Trinajstić information content (AvgIpc) is 2.64. The van der Waals surface area contributed by atoms with Crippen LogP contribution >= 0.6 is 11.6 Å². The van der Waals surface area contributed by atoms with Crippen molar-refractivity contribution in [2.75, 3.05) is 25.9 Å². The molecule has 132 valence electrons. The summed E-state index contributed by atoms with van der Waals surface area (Å²) >= 11 is 6.07. The summed E-state index contributed by atoms with van der Waals surface area (Å²) in [6.07, 6.45) is 1.68. The summed E-state index contributed by atoms with van der Waals surface area (Å²) in [5.74, 6) is 1.20. The minimum absolute atomic E-state index is 0.100. The highest BCUT2D eigenvalue weighted by atomic mass is 35.5. The molecule has 0 radical (unpaired) electrons. The highest BCUT2D eigenvalue weighted by Gasteiger charge is 2.27. The molecule has 0 bridgehead atoms. The van der Waals surface area contributed by atoms with E-state index >= 15 is 0 Å². The van der Waals surface area contributed by atoms with Crippen LogP contribution in [0, 0.1) is 0 Å². The molecule has 3 rings (SSSR count). The third-order valence-electron chi connectivity index (χ3n) is 4.32. The number of anilines is 1. The maximum absolute atomic E-state index is 12.8. The summed E-state index contributed by atoms with van der Waals surface area (Å²) in [5.41, 5.74) is 6.61. The lowest BCUT2D eigenvalue weighted by Crippen LogP contribution is -2.41. The minimum Gasteiger partial charge on any atom is -0.496 e. The highest BCUT2D eigenvalue weighted by Crippen LogP contribution is 2.30. The van der Waals surface area contributed by atoms with E-state index in [-0.39, 0.29) is 12.0 Å². The van der Waals surface area contributed by atoms with Crippen molar-refractivity contribution in [1.29, 1.82) is 0 Å². The molecule has 2 N–H and O–H groups in total. The zero-order valence-corrected chi connectivity index (χ0v) is 14.8. The number of benzene rings is 2. The van der Waals surface area contributed by atoms with E-state index in [9.17, 15) is 4.79 Å². The van der Waals surface area contributed by atoms with Gasteiger partial charge < -0.3 is 20.1 Å². The Morgan fingerprint density at radius 3 is 2.52 bits per heavy atom. The summed E-state index contributed by atoms with van der Waals surface area (Å²) < 4.78 is 11.3. The fourth-order valence-electron chi connectivity index (χ4n) is 2.94. The van der Waals surface area contributed by atoms with Crippen LogP contribution in [-0.2, 0) is 0 Å². The number of halogens is 1. The fourth-order valence-corrected chi connectivity index (χ4v) is 3.11. The standard InChI is InChI=1S/C19H21ClN2O3/c1-24-18-12-17(21)16(20)11-15(18)19(23)22-9-7-14(8-10-22)25-13-5-3-2-4-6-13/h2-6,11-12,14H,7-10,21H2,1H3. The van der Waals surface area contributed by atoms with Crippen molar-refractivity contribution < 1.29 is 14.3 Å². The van der Waals surface area contributed by atoms with E-state index < -0.39 is 0 Å². The van der Waals surface area contributed by atoms with Crippen LogP contribution in [0.3, 0.4) is 0 Å². The Morgan fingerprint density at radius 1 is 1.20 bits per heavy atom. The Bertz CT molecular complexity index is 744. The molecule has 1 saturated heterocycles. The molecule has 1 aliphatic heterocycles. The smallest absolute Gasteiger partial charge is 0.257 e. The number of nitrogens with two attached hydrogens (primary N) is 1. The van der Waals surface area contributed by atoms with Gasteiger partial charge in [-0.05, 0) is 18.2 Å². The van der Waals surface area contributed by atoms with Gasteiger partial charge in [0.05, 0.1) is 23.4 Å². The van der Waals surface area contributed by atoms with E-state index in [0.29, 0.717) is 35.1 Å². The van der Waals surface area contributed by atoms with Crippen molar-refractivity contribution in [3.05, 3.63) is 53.1 Å². The van der Waals surface area contributed by atoms with E-state index in [2.05, 4.69) is 0 Å². The van der Waals surface area contributed by atoms with E-state index in [0.717, 1.165) is 18.6 Å². The molecule has 0 spiro atoms. The molecular weight excluding hydrogens is 340 g/mol. The quantitative estimate of drug-likeness (QED) is 0.846. The van der Waals surface area contributed by atoms with Gasteiger partial charge in [-0.3, -0.25) is 4.79 Å². The molecular formula is C19H21ClN2O3. The first-order valence-corrected chi connectivity index (χ1v) is 8.60. The topological polar surface area (TPSA) is 64.8 Å². The summed E-state index contributed by atoms with van der Waals surface area (Å²) in [4.78, 5) is 14.6. The maximum Gasteiger partial charge on any atom is 0.257 e. The molecule has 0 saturated carbocycles. The molecule has 25 heavy (non-hydrogen) atoms. The van der Waals surface area contributed by atoms with E-state index in [1.807, 2.05) is 30.3 Å². The van der Waals surface area contributed by atoms with Gasteiger partial charge in [0.15, 0.2) is 0 Å². The molecule has 1 amide bonds. The molecule has 1 aliphatic rings. The van der Waals surface area contributed by atoms with E-state index in [4.69, 9.17) is 26.8 Å². The number of hydrogen-bond acceptors (Lipinski definition) is 4. The SMILES string of the molecule is COc1cc(N)c(Cl)cc1C(=O)N1CCC(Oc2ccccc2)CC1. The summed E-state index contributed by atoms with van der Waals surface area (Å²) in [5, 5.41) is 0.353. The van der Waals surface area contributed by atoms with Gasteiger partial charge in [-0.2, -0.15) is 0 Å². The van der Waals surface area contributed by atoms with E-state index in [1.165, 1.54) is 7.11 Å². The van der Waals surface area contributed by atoms with Crippen molar-refractivity contribution in [2.45, 2.75) is 18.9 Å². The number of ether oxygens (including phenoxy) is 2. The van der Waals surface area contributed by atoms with Crippen molar-refractivity contribution in [3.8, 4) is 11.5 Å². The van der Waals surface area contributed by atoms with Crippen LogP contribution in [0.2, 0.25) is 5.02 Å². The Kier molecular flexibility index (Phi) is 5.34. The van der Waals surface area contributed by atoms with Crippen molar-refractivity contribution in [1.82, 2.24) is 4.90 Å². The number of piperidine rings is 1. The molecule has 1 heterocycles. The van der Waals surface area contributed by atoms with Gasteiger partial charge in [-0.1, -0.05) is 29.8 Å². The number of methoxy groups -OCH3 is 1. The molecule has 0 aromatic heterocycles. The minimum atomic E-state index is -0.100. The zero-order valence-electron chi connectivity index (χ0n) is 14.1. The number of rotatable bonds is 4. The van der Waals surface area contributed by atoms with Crippen molar-refractivity contribution in [2.24, 2.45) is 0 Å². The lowest BCUT2D eigenvalue weighted by molar-refractivity contribution is 0.0592. The third-order valence-corrected chi connectivity index (χ3v) is 4.65. The summed E-state index contributed by atoms with van der Waals surface area (Å²) in [7, 11) is 1.51. The number of nitrogen functional groups attached to an aromatic ring is 1. The number of hydrogen-bond donors (Lipinski definition) is 1. The van der Waals surface area contributed by atoms with Crippen LogP contribution in [-0.4, -0.2) is 37.1 Å². The van der Waals surface area contributed by atoms with Gasteiger partial charge in [0.2, 0.25) is 0 Å². The Labute approximate surface area is 152 Å². The molecule has 0 aliphatic carbocycles. The molecule has 5 nitrogen and oxygen atoms in total. The average molecular weight is 361 g/mol. The van der Waals surface area contributed by atoms with Gasteiger partial charge in [0.25, 0.3) is 5.91 Å². The number of nitrogens with zero attached hydrogens (tertiary/aromatic N) is 1. The van der Waals surface area contributed by atoms with Crippen LogP contribution in [0.5, 0.6) is 11.5 Å². The summed E-state index contributed by atoms with van der Waals surface area (Å²) in [6, 6.07) is 12.9. The second-order valence-corrected chi connectivity index (χ2v) is 6.40. The Balaban J connectivity index is 1.65. The van der Waals surface area contributed by atoms with Crippen LogP contribution < -0.4 is 15.2 Å². The number of likely N-dealkylation sites (tertiary alicyclic amines) is 1. The fraction of sp³-hybridized carbons (Fsp3) is 0.316. The summed E-state index contributed by atoms with van der Waals surface area (Å²) in [6.45, 7) is 1.25. The second-order valence-electron chi connectivity index (χ2n) is 6.00. The van der Waals surface area contributed by atoms with Crippen molar-refractivity contribution in [3.63, 3.8) is 0 Å². The molecule has 2 aromatic rings. The van der Waals surface area contributed by atoms with Gasteiger partial charge in [-0.25, -0.2) is 0 Å². The number of carbonyl (C=O) groups is 1. The van der Waals surface area contributed by atoms with Gasteiger partial charge in [0, 0.05) is 32.0 Å². The lowest BCUT2D eigenvalue weighted by Gasteiger charge is -2.32. The van der Waals surface area contributed by atoms with Crippen LogP contribution in [0.4, 0.5) is 5.69 Å². The van der Waals surface area contributed by atoms with Gasteiger partial charge in [-0.15, -0.1) is 0 Å². The predicted octanol–water partition coefficient (Wildman–Crippen LogP) is 3.61. The first-order chi connectivity index (χ1) is 12.1.